The number of anilines is 1. The number of fused-ring (bicyclic) bond motifs is 1. The summed E-state index contributed by atoms with van der Waals surface area (Å²) in [6, 6.07) is 16.6. The maximum absolute atomic E-state index is 12.2. The number of hydrogen-bond acceptors (Lipinski definition) is 5. The van der Waals surface area contributed by atoms with Crippen LogP contribution in [0.3, 0.4) is 0 Å². The zero-order valence-electron chi connectivity index (χ0n) is 18.5. The molecular formula is C26H30N4OS. The maximum atomic E-state index is 12.2. The van der Waals surface area contributed by atoms with Gasteiger partial charge in [-0.3, -0.25) is 9.69 Å². The van der Waals surface area contributed by atoms with Crippen LogP contribution in [-0.2, 0) is 4.79 Å². The number of nitrogens with one attached hydrogen (secondary N) is 1. The smallest absolute Gasteiger partial charge is 0.244 e. The van der Waals surface area contributed by atoms with E-state index in [1.807, 2.05) is 24.3 Å². The minimum atomic E-state index is 0.00278. The zero-order chi connectivity index (χ0) is 21.9. The highest BCUT2D eigenvalue weighted by molar-refractivity contribution is 7.13. The van der Waals surface area contributed by atoms with Crippen LogP contribution in [0.2, 0.25) is 0 Å². The quantitative estimate of drug-likeness (QED) is 0.553. The van der Waals surface area contributed by atoms with Crippen LogP contribution in [0.4, 0.5) is 5.82 Å². The number of hydrogen-bond donors (Lipinski definition) is 1. The highest BCUT2D eigenvalue weighted by atomic mass is 32.1. The van der Waals surface area contributed by atoms with E-state index in [0.29, 0.717) is 11.8 Å². The lowest BCUT2D eigenvalue weighted by molar-refractivity contribution is -0.116. The Morgan fingerprint density at radius 3 is 2.72 bits per heavy atom. The highest BCUT2D eigenvalue weighted by Gasteiger charge is 2.38. The summed E-state index contributed by atoms with van der Waals surface area (Å²) in [4.78, 5) is 17.2. The van der Waals surface area contributed by atoms with Gasteiger partial charge in [0, 0.05) is 50.7 Å². The molecule has 0 bridgehead atoms. The fraction of sp³-hybridized carbons (Fsp3) is 0.385. The van der Waals surface area contributed by atoms with Crippen molar-refractivity contribution in [3.63, 3.8) is 0 Å². The van der Waals surface area contributed by atoms with E-state index >= 15 is 0 Å². The van der Waals surface area contributed by atoms with Crippen molar-refractivity contribution in [3.8, 4) is 0 Å². The first-order chi connectivity index (χ1) is 15.7. The number of nitrogens with zero attached hydrogens (tertiary/aromatic N) is 3. The molecule has 2 heterocycles. The van der Waals surface area contributed by atoms with E-state index in [-0.39, 0.29) is 5.91 Å². The molecule has 5 rings (SSSR count). The molecule has 3 aromatic rings. The Labute approximate surface area is 193 Å². The lowest BCUT2D eigenvalue weighted by Gasteiger charge is -2.35. The number of benzene rings is 2. The van der Waals surface area contributed by atoms with Crippen molar-refractivity contribution in [2.24, 2.45) is 11.8 Å². The average molecular weight is 447 g/mol. The van der Waals surface area contributed by atoms with Crippen molar-refractivity contribution in [1.29, 1.82) is 0 Å². The first-order valence-corrected chi connectivity index (χ1v) is 12.3. The first-order valence-electron chi connectivity index (χ1n) is 11.5. The van der Waals surface area contributed by atoms with Gasteiger partial charge in [0.2, 0.25) is 5.91 Å². The Kier molecular flexibility index (Phi) is 6.23. The lowest BCUT2D eigenvalue weighted by Crippen LogP contribution is -2.47. The number of carbonyl (C=O) groups is 1. The Bertz CT molecular complexity index is 1120. The van der Waals surface area contributed by atoms with Gasteiger partial charge in [-0.2, -0.15) is 4.37 Å². The minimum absolute atomic E-state index is 0.00278. The zero-order valence-corrected chi connectivity index (χ0v) is 19.4. The Morgan fingerprint density at radius 2 is 1.88 bits per heavy atom. The van der Waals surface area contributed by atoms with Crippen molar-refractivity contribution in [3.05, 3.63) is 65.7 Å². The number of amides is 1. The molecule has 1 N–H and O–H groups in total. The van der Waals surface area contributed by atoms with Crippen LogP contribution in [0, 0.1) is 18.8 Å². The molecule has 1 aliphatic carbocycles. The molecule has 0 spiro atoms. The van der Waals surface area contributed by atoms with Gasteiger partial charge in [-0.05, 0) is 66.0 Å². The van der Waals surface area contributed by atoms with Crippen LogP contribution in [-0.4, -0.2) is 54.4 Å². The monoisotopic (exact) mass is 446 g/mol. The third-order valence-corrected chi connectivity index (χ3v) is 7.55. The van der Waals surface area contributed by atoms with E-state index in [1.165, 1.54) is 22.1 Å². The van der Waals surface area contributed by atoms with Crippen molar-refractivity contribution >= 4 is 39.4 Å². The van der Waals surface area contributed by atoms with Gasteiger partial charge in [-0.15, -0.1) is 0 Å². The van der Waals surface area contributed by atoms with E-state index in [2.05, 4.69) is 52.4 Å². The second kappa shape index (κ2) is 9.43. The molecule has 2 atom stereocenters. The molecular weight excluding hydrogens is 416 g/mol. The van der Waals surface area contributed by atoms with Gasteiger partial charge >= 0.3 is 0 Å². The van der Waals surface area contributed by atoms with Gasteiger partial charge in [0.25, 0.3) is 0 Å². The van der Waals surface area contributed by atoms with Crippen LogP contribution in [0.5, 0.6) is 0 Å². The summed E-state index contributed by atoms with van der Waals surface area (Å²) in [5, 5.41) is 4.36. The van der Waals surface area contributed by atoms with Gasteiger partial charge in [-0.25, -0.2) is 0 Å². The molecule has 6 heteroatoms. The normalized spacial score (nSPS) is 21.3. The maximum Gasteiger partial charge on any atom is 0.244 e. The second-order valence-corrected chi connectivity index (χ2v) is 9.79. The average Bonchev–Trinajstić information content (AvgIpc) is 3.41. The van der Waals surface area contributed by atoms with Crippen LogP contribution in [0.15, 0.2) is 54.6 Å². The second-order valence-electron chi connectivity index (χ2n) is 8.98. The van der Waals surface area contributed by atoms with Crippen molar-refractivity contribution in [2.75, 3.05) is 44.2 Å². The predicted molar refractivity (Wildman–Crippen MR) is 133 cm³/mol. The molecule has 32 heavy (non-hydrogen) atoms. The molecule has 2 aliphatic rings. The highest BCUT2D eigenvalue weighted by Crippen LogP contribution is 2.39. The molecule has 2 aromatic carbocycles. The molecule has 1 aromatic heterocycles. The first kappa shape index (κ1) is 21.2. The van der Waals surface area contributed by atoms with Gasteiger partial charge in [0.1, 0.15) is 5.82 Å². The minimum Gasteiger partial charge on any atom is -0.353 e. The van der Waals surface area contributed by atoms with Gasteiger partial charge < -0.3 is 10.2 Å². The third-order valence-electron chi connectivity index (χ3n) is 6.73. The molecule has 0 unspecified atom stereocenters. The summed E-state index contributed by atoms with van der Waals surface area (Å²) in [7, 11) is 0. The van der Waals surface area contributed by atoms with Crippen LogP contribution < -0.4 is 10.2 Å². The largest absolute Gasteiger partial charge is 0.353 e. The summed E-state index contributed by atoms with van der Waals surface area (Å²) in [5.74, 6) is 2.48. The summed E-state index contributed by atoms with van der Waals surface area (Å²) >= 11 is 1.60. The summed E-state index contributed by atoms with van der Waals surface area (Å²) in [5.41, 5.74) is 2.28. The number of aromatic nitrogens is 1. The summed E-state index contributed by atoms with van der Waals surface area (Å²) in [6.45, 7) is 8.22. The molecule has 0 radical (unpaired) electrons. The summed E-state index contributed by atoms with van der Waals surface area (Å²) in [6.07, 6.45) is 4.78. The van der Waals surface area contributed by atoms with Crippen LogP contribution in [0.1, 0.15) is 17.5 Å². The van der Waals surface area contributed by atoms with Crippen LogP contribution >= 0.6 is 11.5 Å². The molecule has 1 amide bonds. The van der Waals surface area contributed by atoms with Crippen molar-refractivity contribution < 1.29 is 4.79 Å². The number of piperazine rings is 1. The Balaban J connectivity index is 1.04. The molecule has 1 saturated carbocycles. The molecule has 2 fully saturated rings. The van der Waals surface area contributed by atoms with Gasteiger partial charge in [0.05, 0.1) is 4.70 Å². The molecule has 166 valence electrons. The lowest BCUT2D eigenvalue weighted by atomic mass is 10.1. The molecule has 1 saturated heterocycles. The van der Waals surface area contributed by atoms with E-state index in [4.69, 9.17) is 4.37 Å². The van der Waals surface area contributed by atoms with E-state index in [1.54, 1.807) is 17.6 Å². The fourth-order valence-corrected chi connectivity index (χ4v) is 5.38. The fourth-order valence-electron chi connectivity index (χ4n) is 4.59. The van der Waals surface area contributed by atoms with Crippen LogP contribution in [0.25, 0.3) is 16.2 Å². The summed E-state index contributed by atoms with van der Waals surface area (Å²) < 4.78 is 5.98. The van der Waals surface area contributed by atoms with E-state index < -0.39 is 0 Å². The van der Waals surface area contributed by atoms with Gasteiger partial charge in [-0.1, -0.05) is 36.4 Å². The Morgan fingerprint density at radius 1 is 1.09 bits per heavy atom. The van der Waals surface area contributed by atoms with Crippen molar-refractivity contribution in [1.82, 2.24) is 14.6 Å². The standard InChI is InChI=1S/C26H30N4OS/c1-19-6-2-3-7-20(19)10-11-25(31)27-17-21-16-22(21)18-29-12-14-30(15-13-29)26-23-8-4-5-9-24(23)32-28-26/h2-11,21-22H,12-18H2,1H3,(H,27,31)/t21-,22-/m1/s1. The molecule has 1 aliphatic heterocycles. The number of aryl methyl sites for hydroxylation is 1. The van der Waals surface area contributed by atoms with Crippen molar-refractivity contribution in [2.45, 2.75) is 13.3 Å². The number of rotatable bonds is 7. The van der Waals surface area contributed by atoms with E-state index in [9.17, 15) is 4.79 Å². The van der Waals surface area contributed by atoms with Gasteiger partial charge in [0.15, 0.2) is 0 Å². The number of carbonyl (C=O) groups excluding carboxylic acids is 1. The predicted octanol–water partition coefficient (Wildman–Crippen LogP) is 4.19. The molecule has 5 nitrogen and oxygen atoms in total. The SMILES string of the molecule is Cc1ccccc1C=CC(=O)NC[C@H]1C[C@@H]1CN1CCN(c2nsc3ccccc23)CC1. The Hall–Kier alpha value is -2.70. The third kappa shape index (κ3) is 4.87. The topological polar surface area (TPSA) is 48.5 Å². The van der Waals surface area contributed by atoms with E-state index in [0.717, 1.165) is 50.6 Å².